The second-order valence-corrected chi connectivity index (χ2v) is 7.56. The molecule has 0 N–H and O–H groups in total. The third kappa shape index (κ3) is 3.10. The molecule has 1 heterocycles. The van der Waals surface area contributed by atoms with E-state index in [1.807, 2.05) is 0 Å². The molecule has 18 heavy (non-hydrogen) atoms. The second kappa shape index (κ2) is 5.94. The zero-order chi connectivity index (χ0) is 13.2. The van der Waals surface area contributed by atoms with Crippen LogP contribution in [0.2, 0.25) is 0 Å². The predicted molar refractivity (Wildman–Crippen MR) is 77.6 cm³/mol. The fraction of sp³-hybridized carbons (Fsp3) is 1.00. The third-order valence-electron chi connectivity index (χ3n) is 6.04. The van der Waals surface area contributed by atoms with Crippen molar-refractivity contribution in [3.63, 3.8) is 0 Å². The topological polar surface area (TPSA) is 9.23 Å². The average molecular weight is 252 g/mol. The minimum absolute atomic E-state index is 0.533. The van der Waals surface area contributed by atoms with Gasteiger partial charge in [0.2, 0.25) is 0 Å². The van der Waals surface area contributed by atoms with E-state index < -0.39 is 0 Å². The van der Waals surface area contributed by atoms with Gasteiger partial charge < -0.3 is 4.74 Å². The van der Waals surface area contributed by atoms with Gasteiger partial charge >= 0.3 is 0 Å². The van der Waals surface area contributed by atoms with E-state index in [1.165, 1.54) is 38.5 Å². The van der Waals surface area contributed by atoms with E-state index in [2.05, 4.69) is 27.7 Å². The van der Waals surface area contributed by atoms with E-state index >= 15 is 0 Å². The molecule has 1 saturated carbocycles. The Kier molecular flexibility index (Phi) is 4.75. The summed E-state index contributed by atoms with van der Waals surface area (Å²) in [5.74, 6) is 3.73. The van der Waals surface area contributed by atoms with Crippen molar-refractivity contribution in [1.82, 2.24) is 0 Å². The maximum Gasteiger partial charge on any atom is 0.0468 e. The summed E-state index contributed by atoms with van der Waals surface area (Å²) in [6, 6.07) is 0. The van der Waals surface area contributed by atoms with Crippen molar-refractivity contribution in [2.75, 3.05) is 13.2 Å². The molecule has 2 rings (SSSR count). The van der Waals surface area contributed by atoms with Crippen molar-refractivity contribution in [1.29, 1.82) is 0 Å². The van der Waals surface area contributed by atoms with Crippen LogP contribution in [0, 0.1) is 29.1 Å². The van der Waals surface area contributed by atoms with Gasteiger partial charge in [-0.05, 0) is 67.6 Å². The minimum Gasteiger partial charge on any atom is -0.381 e. The molecule has 1 aliphatic carbocycles. The molecule has 0 amide bonds. The van der Waals surface area contributed by atoms with Gasteiger partial charge in [-0.2, -0.15) is 0 Å². The molecular weight excluding hydrogens is 220 g/mol. The highest BCUT2D eigenvalue weighted by atomic mass is 16.5. The van der Waals surface area contributed by atoms with Gasteiger partial charge in [0, 0.05) is 13.2 Å². The molecular formula is C17H32O. The Labute approximate surface area is 114 Å². The maximum absolute atomic E-state index is 5.53. The lowest BCUT2D eigenvalue weighted by molar-refractivity contribution is -0.0155. The number of rotatable bonds is 3. The summed E-state index contributed by atoms with van der Waals surface area (Å²) in [6.07, 6.45) is 8.44. The van der Waals surface area contributed by atoms with Crippen LogP contribution in [-0.4, -0.2) is 13.2 Å². The van der Waals surface area contributed by atoms with Crippen molar-refractivity contribution < 1.29 is 4.74 Å². The molecule has 0 aromatic heterocycles. The van der Waals surface area contributed by atoms with Crippen LogP contribution in [0.5, 0.6) is 0 Å². The lowest BCUT2D eigenvalue weighted by Crippen LogP contribution is -2.38. The number of ether oxygens (including phenoxy) is 1. The van der Waals surface area contributed by atoms with Gasteiger partial charge in [-0.15, -0.1) is 0 Å². The summed E-state index contributed by atoms with van der Waals surface area (Å²) < 4.78 is 5.53. The van der Waals surface area contributed by atoms with E-state index in [4.69, 9.17) is 4.74 Å². The van der Waals surface area contributed by atoms with Gasteiger partial charge in [0.05, 0.1) is 0 Å². The second-order valence-electron chi connectivity index (χ2n) is 7.56. The quantitative estimate of drug-likeness (QED) is 0.694. The van der Waals surface area contributed by atoms with Crippen molar-refractivity contribution in [3.8, 4) is 0 Å². The molecule has 0 atom stereocenters. The molecule has 1 heteroatoms. The van der Waals surface area contributed by atoms with Crippen LogP contribution in [0.15, 0.2) is 0 Å². The van der Waals surface area contributed by atoms with Gasteiger partial charge in [0.15, 0.2) is 0 Å². The third-order valence-corrected chi connectivity index (χ3v) is 6.04. The Morgan fingerprint density at radius 2 is 1.33 bits per heavy atom. The highest BCUT2D eigenvalue weighted by Gasteiger charge is 2.39. The molecule has 0 aromatic rings. The predicted octanol–water partition coefficient (Wildman–Crippen LogP) is 4.90. The summed E-state index contributed by atoms with van der Waals surface area (Å²) in [5, 5.41) is 0. The van der Waals surface area contributed by atoms with Gasteiger partial charge in [-0.25, -0.2) is 0 Å². The molecule has 0 spiro atoms. The normalized spacial score (nSPS) is 31.8. The fourth-order valence-electron chi connectivity index (χ4n) is 4.30. The Hall–Kier alpha value is -0.0400. The maximum atomic E-state index is 5.53. The zero-order valence-electron chi connectivity index (χ0n) is 12.9. The molecule has 1 nitrogen and oxygen atoms in total. The molecule has 0 radical (unpaired) electrons. The summed E-state index contributed by atoms with van der Waals surface area (Å²) >= 11 is 0. The van der Waals surface area contributed by atoms with Crippen LogP contribution in [0.1, 0.15) is 66.2 Å². The first-order valence-corrected chi connectivity index (χ1v) is 8.09. The van der Waals surface area contributed by atoms with Gasteiger partial charge in [-0.1, -0.05) is 27.7 Å². The molecule has 106 valence electrons. The first-order chi connectivity index (χ1) is 8.51. The monoisotopic (exact) mass is 252 g/mol. The molecule has 0 aromatic carbocycles. The van der Waals surface area contributed by atoms with Gasteiger partial charge in [0.25, 0.3) is 0 Å². The summed E-state index contributed by atoms with van der Waals surface area (Å²) in [7, 11) is 0. The van der Waals surface area contributed by atoms with Crippen molar-refractivity contribution >= 4 is 0 Å². The SMILES string of the molecule is CC(C)C1CCC(C(C)(C)C2CCOCC2)CC1. The van der Waals surface area contributed by atoms with Crippen LogP contribution in [-0.2, 0) is 4.74 Å². The molecule has 1 aliphatic heterocycles. The van der Waals surface area contributed by atoms with E-state index in [1.54, 1.807) is 0 Å². The van der Waals surface area contributed by atoms with Gasteiger partial charge in [0.1, 0.15) is 0 Å². The summed E-state index contributed by atoms with van der Waals surface area (Å²) in [4.78, 5) is 0. The Balaban J connectivity index is 1.90. The Morgan fingerprint density at radius 3 is 1.83 bits per heavy atom. The van der Waals surface area contributed by atoms with Crippen LogP contribution >= 0.6 is 0 Å². The summed E-state index contributed by atoms with van der Waals surface area (Å²) in [5.41, 5.74) is 0.533. The molecule has 0 unspecified atom stereocenters. The van der Waals surface area contributed by atoms with E-state index in [0.29, 0.717) is 5.41 Å². The van der Waals surface area contributed by atoms with Crippen molar-refractivity contribution in [2.24, 2.45) is 29.1 Å². The standard InChI is InChI=1S/C17H32O/c1-13(2)14-5-7-15(8-6-14)17(3,4)16-9-11-18-12-10-16/h13-16H,5-12H2,1-4H3. The van der Waals surface area contributed by atoms with Crippen molar-refractivity contribution in [2.45, 2.75) is 66.2 Å². The Bertz CT molecular complexity index is 242. The van der Waals surface area contributed by atoms with E-state index in [0.717, 1.165) is 36.9 Å². The smallest absolute Gasteiger partial charge is 0.0468 e. The van der Waals surface area contributed by atoms with Crippen molar-refractivity contribution in [3.05, 3.63) is 0 Å². The molecule has 2 fully saturated rings. The number of hydrogen-bond donors (Lipinski definition) is 0. The molecule has 1 saturated heterocycles. The number of hydrogen-bond acceptors (Lipinski definition) is 1. The highest BCUT2D eigenvalue weighted by molar-refractivity contribution is 4.89. The minimum atomic E-state index is 0.533. The van der Waals surface area contributed by atoms with Gasteiger partial charge in [-0.3, -0.25) is 0 Å². The lowest BCUT2D eigenvalue weighted by atomic mass is 9.60. The summed E-state index contributed by atoms with van der Waals surface area (Å²) in [6.45, 7) is 11.8. The first-order valence-electron chi connectivity index (χ1n) is 8.09. The fourth-order valence-corrected chi connectivity index (χ4v) is 4.30. The zero-order valence-corrected chi connectivity index (χ0v) is 12.9. The van der Waals surface area contributed by atoms with Crippen LogP contribution in [0.25, 0.3) is 0 Å². The van der Waals surface area contributed by atoms with Crippen LogP contribution in [0.3, 0.4) is 0 Å². The van der Waals surface area contributed by atoms with Crippen LogP contribution in [0.4, 0.5) is 0 Å². The first kappa shape index (κ1) is 14.4. The Morgan fingerprint density at radius 1 is 0.833 bits per heavy atom. The largest absolute Gasteiger partial charge is 0.381 e. The van der Waals surface area contributed by atoms with E-state index in [9.17, 15) is 0 Å². The lowest BCUT2D eigenvalue weighted by Gasteiger charge is -2.46. The highest BCUT2D eigenvalue weighted by Crippen LogP contribution is 2.48. The van der Waals surface area contributed by atoms with Crippen LogP contribution < -0.4 is 0 Å². The molecule has 0 bridgehead atoms. The van der Waals surface area contributed by atoms with E-state index in [-0.39, 0.29) is 0 Å². The molecule has 2 aliphatic rings. The average Bonchev–Trinajstić information content (AvgIpc) is 2.40.